The number of carboxylic acid groups (broad SMARTS) is 2. The maximum Gasteiger partial charge on any atom is 0.341 e. The Labute approximate surface area is 376 Å². The fraction of sp³-hybridized carbons (Fsp3) is 0.551. The van der Waals surface area contributed by atoms with Crippen molar-refractivity contribution in [1.82, 2.24) is 18.9 Å². The molecule has 2 aromatic carbocycles. The molecule has 0 radical (unpaired) electrons. The van der Waals surface area contributed by atoms with Gasteiger partial charge in [-0.1, -0.05) is 57.8 Å². The molecule has 2 saturated heterocycles. The smallest absolute Gasteiger partial charge is 0.341 e. The van der Waals surface area contributed by atoms with Gasteiger partial charge in [-0.15, -0.1) is 0 Å². The van der Waals surface area contributed by atoms with Gasteiger partial charge in [0.1, 0.15) is 22.8 Å². The van der Waals surface area contributed by atoms with E-state index >= 15 is 8.78 Å². The Morgan fingerprint density at radius 2 is 0.815 bits per heavy atom. The number of pyridine rings is 2. The van der Waals surface area contributed by atoms with Crippen molar-refractivity contribution >= 4 is 56.9 Å². The Morgan fingerprint density at radius 3 is 1.12 bits per heavy atom. The standard InChI is InChI=1S/C49H60F2N6O8/c50-38-26-34-40(56(32-14-15-32)30-36(46(34)60)48(62)63)28-42(38)52-18-22-54(23-19-52)44(58)12-10-8-6-4-2-1-3-5-7-9-11-13-45(59)55-24-20-53(21-25-55)43-29-41-35(27-39(43)51)47(61)37(49(64)65)31-57(41)33-16-17-33/h26-33H,1-25H2,(H,62,63)(H,64,65). The lowest BCUT2D eigenvalue weighted by Crippen LogP contribution is -2.49. The van der Waals surface area contributed by atoms with Crippen LogP contribution in [0.1, 0.15) is 142 Å². The van der Waals surface area contributed by atoms with E-state index in [9.17, 15) is 39.0 Å². The van der Waals surface area contributed by atoms with Crippen LogP contribution in [-0.4, -0.2) is 105 Å². The van der Waals surface area contributed by atoms with Crippen molar-refractivity contribution in [3.8, 4) is 0 Å². The third-order valence-electron chi connectivity index (χ3n) is 13.8. The number of rotatable bonds is 20. The zero-order valence-corrected chi connectivity index (χ0v) is 37.1. The van der Waals surface area contributed by atoms with E-state index in [4.69, 9.17) is 0 Å². The fourth-order valence-corrected chi connectivity index (χ4v) is 9.67. The van der Waals surface area contributed by atoms with Crippen LogP contribution in [0.4, 0.5) is 20.2 Å². The molecule has 2 N–H and O–H groups in total. The van der Waals surface area contributed by atoms with E-state index in [2.05, 4.69) is 0 Å². The van der Waals surface area contributed by atoms with E-state index in [0.29, 0.717) is 87.6 Å². The van der Waals surface area contributed by atoms with Gasteiger partial charge in [0.15, 0.2) is 0 Å². The van der Waals surface area contributed by atoms with Crippen LogP contribution in [-0.2, 0) is 9.59 Å². The Kier molecular flexibility index (Phi) is 14.2. The Hall–Kier alpha value is -5.80. The van der Waals surface area contributed by atoms with Gasteiger partial charge in [0.05, 0.1) is 22.4 Å². The first-order valence-corrected chi connectivity index (χ1v) is 23.7. The van der Waals surface area contributed by atoms with Crippen molar-refractivity contribution in [2.45, 2.75) is 121 Å². The zero-order chi connectivity index (χ0) is 45.8. The monoisotopic (exact) mass is 898 g/mol. The number of unbranched alkanes of at least 4 members (excludes halogenated alkanes) is 10. The molecular formula is C49H60F2N6O8. The predicted molar refractivity (Wildman–Crippen MR) is 244 cm³/mol. The van der Waals surface area contributed by atoms with Crippen LogP contribution in [0, 0.1) is 11.6 Å². The second-order valence-electron chi connectivity index (χ2n) is 18.4. The molecule has 2 saturated carbocycles. The molecule has 8 rings (SSSR count). The van der Waals surface area contributed by atoms with Crippen LogP contribution in [0.3, 0.4) is 0 Å². The first-order chi connectivity index (χ1) is 31.4. The summed E-state index contributed by atoms with van der Waals surface area (Å²) in [5, 5.41) is 19.2. The second-order valence-corrected chi connectivity index (χ2v) is 18.4. The molecular weight excluding hydrogens is 839 g/mol. The number of piperazine rings is 2. The number of halogens is 2. The molecule has 4 fully saturated rings. The summed E-state index contributed by atoms with van der Waals surface area (Å²) >= 11 is 0. The van der Waals surface area contributed by atoms with Crippen molar-refractivity contribution in [1.29, 1.82) is 0 Å². The van der Waals surface area contributed by atoms with Crippen molar-refractivity contribution < 1.29 is 38.2 Å². The van der Waals surface area contributed by atoms with E-state index in [1.807, 2.05) is 19.6 Å². The number of nitrogens with zero attached hydrogens (tertiary/aromatic N) is 6. The summed E-state index contributed by atoms with van der Waals surface area (Å²) in [6.07, 6.45) is 18.9. The number of aromatic carboxylic acids is 2. The summed E-state index contributed by atoms with van der Waals surface area (Å²) in [7, 11) is 0. The number of carbonyl (C=O) groups is 4. The molecule has 0 spiro atoms. The maximum atomic E-state index is 15.4. The lowest BCUT2D eigenvalue weighted by molar-refractivity contribution is -0.132. The lowest BCUT2D eigenvalue weighted by atomic mass is 10.0. The van der Waals surface area contributed by atoms with Gasteiger partial charge in [0.25, 0.3) is 0 Å². The van der Waals surface area contributed by atoms with Crippen LogP contribution >= 0.6 is 0 Å². The first-order valence-electron chi connectivity index (χ1n) is 23.7. The molecule has 0 atom stereocenters. The van der Waals surface area contributed by atoms with Gasteiger partial charge in [-0.2, -0.15) is 0 Å². The molecule has 65 heavy (non-hydrogen) atoms. The van der Waals surface area contributed by atoms with Crippen molar-refractivity contribution in [3.05, 3.63) is 79.9 Å². The van der Waals surface area contributed by atoms with Crippen LogP contribution < -0.4 is 20.7 Å². The second kappa shape index (κ2) is 20.2. The quantitative estimate of drug-likeness (QED) is 0.0839. The number of hydrogen-bond donors (Lipinski definition) is 2. The van der Waals surface area contributed by atoms with Gasteiger partial charge in [-0.25, -0.2) is 18.4 Å². The zero-order valence-electron chi connectivity index (χ0n) is 37.1. The van der Waals surface area contributed by atoms with E-state index in [1.165, 1.54) is 18.8 Å². The molecule has 2 aliphatic heterocycles. The minimum Gasteiger partial charge on any atom is -0.477 e. The SMILES string of the molecule is O=C(O)c1cn(C2CC2)c2cc(N3CCN(C(=O)CCCCCCCCCCCCCC(=O)N4CCN(c5cc6c(cc5F)c(=O)c(C(=O)O)cn6C5CC5)CC4)CC3)c(F)cc2c1=O. The largest absolute Gasteiger partial charge is 0.477 e. The van der Waals surface area contributed by atoms with Crippen molar-refractivity contribution in [3.63, 3.8) is 0 Å². The van der Waals surface area contributed by atoms with E-state index in [-0.39, 0.29) is 45.8 Å². The molecule has 2 aromatic heterocycles. The van der Waals surface area contributed by atoms with Gasteiger partial charge in [-0.05, 0) is 62.8 Å². The third-order valence-corrected chi connectivity index (χ3v) is 13.8. The number of aromatic nitrogens is 2. The topological polar surface area (TPSA) is 166 Å². The highest BCUT2D eigenvalue weighted by molar-refractivity contribution is 5.95. The van der Waals surface area contributed by atoms with E-state index in [1.54, 1.807) is 21.3 Å². The van der Waals surface area contributed by atoms with Crippen LogP contribution in [0.15, 0.2) is 46.2 Å². The summed E-state index contributed by atoms with van der Waals surface area (Å²) in [5.41, 5.74) is -0.266. The summed E-state index contributed by atoms with van der Waals surface area (Å²) in [6.45, 7) is 3.84. The molecule has 16 heteroatoms. The van der Waals surface area contributed by atoms with Crippen molar-refractivity contribution in [2.24, 2.45) is 0 Å². The van der Waals surface area contributed by atoms with Gasteiger partial charge in [0, 0.05) is 100 Å². The number of benzene rings is 2. The number of anilines is 2. The van der Waals surface area contributed by atoms with Crippen molar-refractivity contribution in [2.75, 3.05) is 62.2 Å². The molecule has 0 bridgehead atoms. The molecule has 4 aliphatic rings. The summed E-state index contributed by atoms with van der Waals surface area (Å²) in [6, 6.07) is 5.84. The average Bonchev–Trinajstić information content (AvgIpc) is 4.24. The molecule has 2 aliphatic carbocycles. The average molecular weight is 899 g/mol. The summed E-state index contributed by atoms with van der Waals surface area (Å²) in [4.78, 5) is 82.5. The summed E-state index contributed by atoms with van der Waals surface area (Å²) < 4.78 is 34.3. The Balaban J connectivity index is 0.658. The molecule has 4 aromatic rings. The first kappa shape index (κ1) is 45.8. The van der Waals surface area contributed by atoms with Crippen LogP contribution in [0.25, 0.3) is 21.8 Å². The third kappa shape index (κ3) is 10.5. The molecule has 0 unspecified atom stereocenters. The van der Waals surface area contributed by atoms with Gasteiger partial charge >= 0.3 is 11.9 Å². The van der Waals surface area contributed by atoms with Gasteiger partial charge in [0.2, 0.25) is 22.7 Å². The Morgan fingerprint density at radius 1 is 0.492 bits per heavy atom. The summed E-state index contributed by atoms with van der Waals surface area (Å²) in [5.74, 6) is -3.54. The maximum absolute atomic E-state index is 15.4. The lowest BCUT2D eigenvalue weighted by Gasteiger charge is -2.36. The normalized spacial score (nSPS) is 16.8. The van der Waals surface area contributed by atoms with Crippen LogP contribution in [0.2, 0.25) is 0 Å². The number of carbonyl (C=O) groups excluding carboxylic acids is 2. The number of amides is 2. The van der Waals surface area contributed by atoms with Gasteiger partial charge in [-0.3, -0.25) is 19.2 Å². The predicted octanol–water partition coefficient (Wildman–Crippen LogP) is 7.73. The van der Waals surface area contributed by atoms with E-state index < -0.39 is 34.4 Å². The molecule has 2 amide bonds. The highest BCUT2D eigenvalue weighted by Gasteiger charge is 2.31. The molecule has 4 heterocycles. The number of fused-ring (bicyclic) bond motifs is 2. The molecule has 14 nitrogen and oxygen atoms in total. The minimum absolute atomic E-state index is 0.0719. The van der Waals surface area contributed by atoms with Crippen LogP contribution in [0.5, 0.6) is 0 Å². The number of carboxylic acids is 2. The van der Waals surface area contributed by atoms with Gasteiger partial charge < -0.3 is 38.9 Å². The highest BCUT2D eigenvalue weighted by atomic mass is 19.1. The minimum atomic E-state index is -1.32. The number of hydrogen-bond acceptors (Lipinski definition) is 8. The Bertz CT molecular complexity index is 2390. The highest BCUT2D eigenvalue weighted by Crippen LogP contribution is 2.39. The van der Waals surface area contributed by atoms with E-state index in [0.717, 1.165) is 102 Å². The molecule has 348 valence electrons. The fourth-order valence-electron chi connectivity index (χ4n) is 9.67.